The van der Waals surface area contributed by atoms with Gasteiger partial charge in [-0.3, -0.25) is 4.79 Å². The number of aliphatic imine (C=N–C) groups is 1. The average Bonchev–Trinajstić information content (AvgIpc) is 2.58. The van der Waals surface area contributed by atoms with Crippen LogP contribution in [-0.2, 0) is 6.54 Å². The smallest absolute Gasteiger partial charge is 0.253 e. The van der Waals surface area contributed by atoms with Crippen molar-refractivity contribution in [3.63, 3.8) is 0 Å². The Labute approximate surface area is 138 Å². The maximum Gasteiger partial charge on any atom is 0.253 e. The molecule has 3 N–H and O–H groups in total. The molecule has 124 valence electrons. The summed E-state index contributed by atoms with van der Waals surface area (Å²) in [5.41, 5.74) is 8.56. The number of hydrogen-bond donors (Lipinski definition) is 2. The van der Waals surface area contributed by atoms with E-state index in [1.807, 2.05) is 36.1 Å². The lowest BCUT2D eigenvalue weighted by Crippen LogP contribution is -2.35. The molecule has 1 aromatic rings. The molecular formula is C18H26N4O. The van der Waals surface area contributed by atoms with Crippen LogP contribution in [0.2, 0.25) is 0 Å². The Morgan fingerprint density at radius 2 is 1.91 bits per heavy atom. The van der Waals surface area contributed by atoms with Crippen LogP contribution in [0.1, 0.15) is 42.1 Å². The number of guanidine groups is 1. The number of carbonyl (C=O) groups excluding carboxylic acids is 1. The maximum absolute atomic E-state index is 12.4. The molecule has 0 unspecified atom stereocenters. The van der Waals surface area contributed by atoms with E-state index in [9.17, 15) is 4.79 Å². The predicted molar refractivity (Wildman–Crippen MR) is 94.3 cm³/mol. The topological polar surface area (TPSA) is 70.7 Å². The molecule has 0 saturated carbocycles. The van der Waals surface area contributed by atoms with E-state index in [4.69, 9.17) is 5.73 Å². The number of nitrogens with two attached hydrogens (primary N) is 1. The summed E-state index contributed by atoms with van der Waals surface area (Å²) in [6, 6.07) is 7.62. The minimum atomic E-state index is 0.127. The van der Waals surface area contributed by atoms with Gasteiger partial charge in [-0.2, -0.15) is 0 Å². The second kappa shape index (κ2) is 8.36. The number of benzene rings is 1. The third kappa shape index (κ3) is 5.43. The molecule has 5 heteroatoms. The summed E-state index contributed by atoms with van der Waals surface area (Å²) in [7, 11) is 0. The lowest BCUT2D eigenvalue weighted by atomic mass is 10.1. The molecule has 1 saturated heterocycles. The number of nitrogens with zero attached hydrogens (tertiary/aromatic N) is 2. The van der Waals surface area contributed by atoms with Crippen LogP contribution in [0.4, 0.5) is 0 Å². The number of hydrogen-bond acceptors (Lipinski definition) is 2. The monoisotopic (exact) mass is 314 g/mol. The van der Waals surface area contributed by atoms with E-state index in [1.54, 1.807) is 0 Å². The van der Waals surface area contributed by atoms with Gasteiger partial charge in [0.05, 0.1) is 6.54 Å². The van der Waals surface area contributed by atoms with Crippen molar-refractivity contribution in [1.29, 1.82) is 0 Å². The quantitative estimate of drug-likeness (QED) is 0.498. The fourth-order valence-corrected chi connectivity index (χ4v) is 2.51. The van der Waals surface area contributed by atoms with Crippen molar-refractivity contribution in [2.24, 2.45) is 10.7 Å². The van der Waals surface area contributed by atoms with Gasteiger partial charge < -0.3 is 16.0 Å². The highest BCUT2D eigenvalue weighted by Crippen LogP contribution is 2.14. The summed E-state index contributed by atoms with van der Waals surface area (Å²) in [4.78, 5) is 18.6. The molecule has 1 aliphatic heterocycles. The first-order chi connectivity index (χ1) is 11.1. The second-order valence-corrected chi connectivity index (χ2v) is 6.06. The first kappa shape index (κ1) is 17.1. The van der Waals surface area contributed by atoms with Crippen LogP contribution in [0.3, 0.4) is 0 Å². The van der Waals surface area contributed by atoms with E-state index in [1.165, 1.54) is 6.42 Å². The largest absolute Gasteiger partial charge is 0.370 e. The number of rotatable bonds is 5. The van der Waals surface area contributed by atoms with Gasteiger partial charge in [0.2, 0.25) is 0 Å². The van der Waals surface area contributed by atoms with E-state index >= 15 is 0 Å². The molecule has 5 nitrogen and oxygen atoms in total. The number of nitrogens with one attached hydrogen (secondary N) is 1. The molecule has 1 aliphatic rings. The van der Waals surface area contributed by atoms with Gasteiger partial charge in [0.1, 0.15) is 0 Å². The van der Waals surface area contributed by atoms with Gasteiger partial charge in [-0.05, 0) is 43.9 Å². The van der Waals surface area contributed by atoms with E-state index in [0.29, 0.717) is 19.0 Å². The van der Waals surface area contributed by atoms with Crippen LogP contribution in [0, 0.1) is 0 Å². The van der Waals surface area contributed by atoms with Gasteiger partial charge in [-0.15, -0.1) is 0 Å². The van der Waals surface area contributed by atoms with Crippen molar-refractivity contribution in [3.8, 4) is 0 Å². The van der Waals surface area contributed by atoms with Crippen LogP contribution >= 0.6 is 0 Å². The van der Waals surface area contributed by atoms with E-state index in [-0.39, 0.29) is 5.91 Å². The Balaban J connectivity index is 1.90. The van der Waals surface area contributed by atoms with Crippen molar-refractivity contribution in [3.05, 3.63) is 47.5 Å². The summed E-state index contributed by atoms with van der Waals surface area (Å²) in [6.45, 7) is 8.59. The normalized spacial score (nSPS) is 15.3. The van der Waals surface area contributed by atoms with Gasteiger partial charge in [-0.25, -0.2) is 4.99 Å². The molecule has 0 aliphatic carbocycles. The highest BCUT2D eigenvalue weighted by atomic mass is 16.2. The zero-order valence-electron chi connectivity index (χ0n) is 13.8. The molecule has 2 rings (SSSR count). The lowest BCUT2D eigenvalue weighted by Gasteiger charge is -2.26. The molecule has 1 aromatic carbocycles. The molecule has 0 spiro atoms. The highest BCUT2D eigenvalue weighted by Gasteiger charge is 2.17. The average molecular weight is 314 g/mol. The van der Waals surface area contributed by atoms with E-state index in [0.717, 1.165) is 42.6 Å². The summed E-state index contributed by atoms with van der Waals surface area (Å²) in [5.74, 6) is 0.531. The Bertz CT molecular complexity index is 571. The van der Waals surface area contributed by atoms with Crippen LogP contribution < -0.4 is 11.1 Å². The number of likely N-dealkylation sites (tertiary alicyclic amines) is 1. The minimum Gasteiger partial charge on any atom is -0.370 e. The molecule has 0 atom stereocenters. The van der Waals surface area contributed by atoms with Crippen LogP contribution in [-0.4, -0.2) is 36.4 Å². The number of amides is 1. The summed E-state index contributed by atoms with van der Waals surface area (Å²) in [5, 5.41) is 2.99. The Hall–Kier alpha value is -2.30. The third-order valence-electron chi connectivity index (χ3n) is 3.85. The maximum atomic E-state index is 12.4. The molecule has 1 fully saturated rings. The third-order valence-corrected chi connectivity index (χ3v) is 3.85. The lowest BCUT2D eigenvalue weighted by molar-refractivity contribution is 0.0724. The zero-order valence-corrected chi connectivity index (χ0v) is 13.8. The Kier molecular flexibility index (Phi) is 6.20. The van der Waals surface area contributed by atoms with Crippen molar-refractivity contribution >= 4 is 11.9 Å². The van der Waals surface area contributed by atoms with Gasteiger partial charge in [-0.1, -0.05) is 24.3 Å². The fourth-order valence-electron chi connectivity index (χ4n) is 2.51. The standard InChI is InChI=1S/C18H26N4O/c1-14(2)12-20-18(19)21-13-15-6-8-16(9-7-15)17(23)22-10-4-3-5-11-22/h6-9H,1,3-5,10-13H2,2H3,(H3,19,20,21). The predicted octanol–water partition coefficient (Wildman–Crippen LogP) is 2.29. The summed E-state index contributed by atoms with van der Waals surface area (Å²) < 4.78 is 0. The van der Waals surface area contributed by atoms with Gasteiger partial charge >= 0.3 is 0 Å². The fraction of sp³-hybridized carbons (Fsp3) is 0.444. The molecule has 1 amide bonds. The second-order valence-electron chi connectivity index (χ2n) is 6.06. The van der Waals surface area contributed by atoms with Crippen molar-refractivity contribution in [2.45, 2.75) is 32.7 Å². The van der Waals surface area contributed by atoms with Crippen LogP contribution in [0.25, 0.3) is 0 Å². The Morgan fingerprint density at radius 3 is 2.52 bits per heavy atom. The van der Waals surface area contributed by atoms with Crippen molar-refractivity contribution in [1.82, 2.24) is 10.2 Å². The van der Waals surface area contributed by atoms with Gasteiger partial charge in [0.25, 0.3) is 5.91 Å². The molecule has 23 heavy (non-hydrogen) atoms. The Morgan fingerprint density at radius 1 is 1.26 bits per heavy atom. The first-order valence-electron chi connectivity index (χ1n) is 8.12. The van der Waals surface area contributed by atoms with Crippen molar-refractivity contribution in [2.75, 3.05) is 19.6 Å². The van der Waals surface area contributed by atoms with E-state index < -0.39 is 0 Å². The minimum absolute atomic E-state index is 0.127. The first-order valence-corrected chi connectivity index (χ1v) is 8.12. The van der Waals surface area contributed by atoms with Gasteiger partial charge in [0.15, 0.2) is 5.96 Å². The molecule has 0 aromatic heterocycles. The SMILES string of the molecule is C=C(C)CNC(N)=NCc1ccc(C(=O)N2CCCCC2)cc1. The molecule has 0 radical (unpaired) electrons. The highest BCUT2D eigenvalue weighted by molar-refractivity contribution is 5.94. The van der Waals surface area contributed by atoms with Crippen LogP contribution in [0.5, 0.6) is 0 Å². The van der Waals surface area contributed by atoms with Gasteiger partial charge in [0, 0.05) is 25.2 Å². The van der Waals surface area contributed by atoms with Crippen molar-refractivity contribution < 1.29 is 4.79 Å². The molecule has 0 bridgehead atoms. The number of carbonyl (C=O) groups is 1. The number of piperidine rings is 1. The van der Waals surface area contributed by atoms with E-state index in [2.05, 4.69) is 16.9 Å². The molecular weight excluding hydrogens is 288 g/mol. The summed E-state index contributed by atoms with van der Waals surface area (Å²) >= 11 is 0. The molecule has 1 heterocycles. The van der Waals surface area contributed by atoms with Crippen LogP contribution in [0.15, 0.2) is 41.4 Å². The summed E-state index contributed by atoms with van der Waals surface area (Å²) in [6.07, 6.45) is 3.44. The zero-order chi connectivity index (χ0) is 16.7.